The molecule has 1 aliphatic rings. The maximum absolute atomic E-state index is 12.2. The van der Waals surface area contributed by atoms with Crippen LogP contribution in [0.1, 0.15) is 19.8 Å². The summed E-state index contributed by atoms with van der Waals surface area (Å²) in [5, 5.41) is 3.46. The molecule has 2 aromatic rings. The molecule has 1 saturated heterocycles. The highest BCUT2D eigenvalue weighted by Gasteiger charge is 2.23. The van der Waals surface area contributed by atoms with Crippen molar-refractivity contribution in [2.75, 3.05) is 13.2 Å². The lowest BCUT2D eigenvalue weighted by Gasteiger charge is -2.17. The van der Waals surface area contributed by atoms with E-state index in [-0.39, 0.29) is 17.3 Å². The van der Waals surface area contributed by atoms with Crippen molar-refractivity contribution in [1.29, 1.82) is 0 Å². The fourth-order valence-corrected chi connectivity index (χ4v) is 3.91. The molecule has 1 amide bonds. The molecule has 1 aliphatic heterocycles. The molecule has 0 spiro atoms. The first-order valence-electron chi connectivity index (χ1n) is 8.97. The van der Waals surface area contributed by atoms with Gasteiger partial charge < -0.3 is 14.6 Å². The monoisotopic (exact) mass is 371 g/mol. The highest BCUT2D eigenvalue weighted by atomic mass is 32.2. The van der Waals surface area contributed by atoms with Crippen LogP contribution in [0.3, 0.4) is 0 Å². The van der Waals surface area contributed by atoms with E-state index in [2.05, 4.69) is 33.6 Å². The van der Waals surface area contributed by atoms with Gasteiger partial charge in [-0.05, 0) is 25.3 Å². The Morgan fingerprint density at radius 1 is 1.50 bits per heavy atom. The number of carbonyl (C=O) groups is 1. The van der Waals surface area contributed by atoms with Gasteiger partial charge in [-0.1, -0.05) is 48.2 Å². The summed E-state index contributed by atoms with van der Waals surface area (Å²) in [7, 11) is 0. The van der Waals surface area contributed by atoms with E-state index in [1.165, 1.54) is 11.8 Å². The first kappa shape index (κ1) is 18.7. The molecule has 2 heterocycles. The minimum absolute atomic E-state index is 0.0113. The fraction of sp³-hybridized carbons (Fsp3) is 0.400. The second-order valence-corrected chi connectivity index (χ2v) is 7.64. The van der Waals surface area contributed by atoms with Gasteiger partial charge in [-0.2, -0.15) is 0 Å². The van der Waals surface area contributed by atoms with E-state index >= 15 is 0 Å². The molecular formula is C20H25N3O2S. The molecule has 0 saturated carbocycles. The molecule has 1 aromatic carbocycles. The van der Waals surface area contributed by atoms with Crippen LogP contribution in [-0.4, -0.2) is 40.0 Å². The largest absolute Gasteiger partial charge is 0.376 e. The second kappa shape index (κ2) is 9.05. The smallest absolute Gasteiger partial charge is 0.233 e. The molecule has 2 atom stereocenters. The number of thioether (sulfide) groups is 1. The third-order valence-electron chi connectivity index (χ3n) is 4.37. The van der Waals surface area contributed by atoms with Crippen molar-refractivity contribution >= 4 is 17.7 Å². The summed E-state index contributed by atoms with van der Waals surface area (Å²) in [6.45, 7) is 7.59. The summed E-state index contributed by atoms with van der Waals surface area (Å²) in [5.74, 6) is -0.0113. The Labute approximate surface area is 158 Å². The lowest BCUT2D eigenvalue weighted by Crippen LogP contribution is -2.31. The zero-order valence-corrected chi connectivity index (χ0v) is 15.9. The van der Waals surface area contributed by atoms with Gasteiger partial charge >= 0.3 is 0 Å². The number of nitrogens with zero attached hydrogens (tertiary/aromatic N) is 2. The number of nitrogens with one attached hydrogen (secondary N) is 1. The molecule has 0 aliphatic carbocycles. The van der Waals surface area contributed by atoms with Gasteiger partial charge in [0, 0.05) is 13.2 Å². The van der Waals surface area contributed by atoms with E-state index in [0.29, 0.717) is 6.54 Å². The van der Waals surface area contributed by atoms with Crippen LogP contribution in [0.25, 0.3) is 11.3 Å². The van der Waals surface area contributed by atoms with Crippen LogP contribution in [-0.2, 0) is 16.1 Å². The number of benzene rings is 1. The van der Waals surface area contributed by atoms with Crippen molar-refractivity contribution in [2.24, 2.45) is 0 Å². The molecule has 3 rings (SSSR count). The topological polar surface area (TPSA) is 56.2 Å². The Bertz CT molecular complexity index is 739. The van der Waals surface area contributed by atoms with Crippen molar-refractivity contribution in [2.45, 2.75) is 42.8 Å². The van der Waals surface area contributed by atoms with Gasteiger partial charge in [-0.3, -0.25) is 4.79 Å². The third kappa shape index (κ3) is 4.56. The van der Waals surface area contributed by atoms with Crippen LogP contribution < -0.4 is 5.32 Å². The van der Waals surface area contributed by atoms with Crippen LogP contribution in [0.4, 0.5) is 0 Å². The Kier molecular flexibility index (Phi) is 6.52. The number of hydrogen-bond donors (Lipinski definition) is 1. The quantitative estimate of drug-likeness (QED) is 0.570. The van der Waals surface area contributed by atoms with Crippen molar-refractivity contribution in [3.63, 3.8) is 0 Å². The van der Waals surface area contributed by atoms with Crippen molar-refractivity contribution in [3.05, 3.63) is 49.2 Å². The lowest BCUT2D eigenvalue weighted by atomic mass is 10.1. The maximum atomic E-state index is 12.2. The maximum Gasteiger partial charge on any atom is 0.233 e. The average molecular weight is 372 g/mol. The molecule has 138 valence electrons. The molecule has 2 unspecified atom stereocenters. The van der Waals surface area contributed by atoms with E-state index < -0.39 is 0 Å². The van der Waals surface area contributed by atoms with Gasteiger partial charge in [0.05, 0.1) is 29.8 Å². The molecule has 5 nitrogen and oxygen atoms in total. The molecule has 1 aromatic heterocycles. The number of rotatable bonds is 8. The predicted octanol–water partition coefficient (Wildman–Crippen LogP) is 3.51. The number of imidazole rings is 1. The first-order valence-corrected chi connectivity index (χ1v) is 9.85. The number of amides is 1. The molecule has 1 N–H and O–H groups in total. The van der Waals surface area contributed by atoms with Gasteiger partial charge in [0.1, 0.15) is 0 Å². The molecular weight excluding hydrogens is 346 g/mol. The SMILES string of the molecule is C=CCNC(=O)C(C)Sc1ncc(-c2ccccc2)n1CC1CCCO1. The minimum atomic E-state index is -0.232. The Hall–Kier alpha value is -2.05. The number of ether oxygens (including phenoxy) is 1. The van der Waals surface area contributed by atoms with E-state index in [0.717, 1.165) is 42.4 Å². The van der Waals surface area contributed by atoms with Crippen molar-refractivity contribution in [1.82, 2.24) is 14.9 Å². The third-order valence-corrected chi connectivity index (χ3v) is 5.48. The van der Waals surface area contributed by atoms with Gasteiger partial charge in [0.15, 0.2) is 5.16 Å². The zero-order valence-electron chi connectivity index (χ0n) is 15.1. The second-order valence-electron chi connectivity index (χ2n) is 6.33. The summed E-state index contributed by atoms with van der Waals surface area (Å²) in [4.78, 5) is 16.8. The van der Waals surface area contributed by atoms with Gasteiger partial charge in [0.25, 0.3) is 0 Å². The summed E-state index contributed by atoms with van der Waals surface area (Å²) in [6, 6.07) is 10.2. The Balaban J connectivity index is 1.83. The number of carbonyl (C=O) groups excluding carboxylic acids is 1. The fourth-order valence-electron chi connectivity index (χ4n) is 2.99. The molecule has 1 fully saturated rings. The molecule has 26 heavy (non-hydrogen) atoms. The predicted molar refractivity (Wildman–Crippen MR) is 105 cm³/mol. The highest BCUT2D eigenvalue weighted by Crippen LogP contribution is 2.30. The normalized spacial score (nSPS) is 17.8. The minimum Gasteiger partial charge on any atom is -0.376 e. The first-order chi connectivity index (χ1) is 12.7. The standard InChI is InChI=1S/C20H25N3O2S/c1-3-11-21-19(24)15(2)26-20-22-13-18(16-8-5-4-6-9-16)23(20)14-17-10-7-12-25-17/h3-6,8-9,13,15,17H,1,7,10-12,14H2,2H3,(H,21,24). The van der Waals surface area contributed by atoms with Crippen molar-refractivity contribution in [3.8, 4) is 11.3 Å². The van der Waals surface area contributed by atoms with E-state index in [4.69, 9.17) is 4.74 Å². The number of aromatic nitrogens is 2. The van der Waals surface area contributed by atoms with Crippen LogP contribution in [0.2, 0.25) is 0 Å². The summed E-state index contributed by atoms with van der Waals surface area (Å²) in [5.41, 5.74) is 2.18. The van der Waals surface area contributed by atoms with Crippen LogP contribution in [0.5, 0.6) is 0 Å². The molecule has 6 heteroatoms. The molecule has 0 bridgehead atoms. The lowest BCUT2D eigenvalue weighted by molar-refractivity contribution is -0.120. The van der Waals surface area contributed by atoms with E-state index in [1.807, 2.05) is 31.3 Å². The average Bonchev–Trinajstić information content (AvgIpc) is 3.31. The van der Waals surface area contributed by atoms with Crippen LogP contribution in [0, 0.1) is 0 Å². The summed E-state index contributed by atoms with van der Waals surface area (Å²) in [6.07, 6.45) is 5.94. The Morgan fingerprint density at radius 3 is 3.00 bits per heavy atom. The highest BCUT2D eigenvalue weighted by molar-refractivity contribution is 8.00. The zero-order chi connectivity index (χ0) is 18.4. The Morgan fingerprint density at radius 2 is 2.31 bits per heavy atom. The van der Waals surface area contributed by atoms with E-state index in [1.54, 1.807) is 6.08 Å². The summed E-state index contributed by atoms with van der Waals surface area (Å²) >= 11 is 1.48. The number of hydrogen-bond acceptors (Lipinski definition) is 4. The van der Waals surface area contributed by atoms with Gasteiger partial charge in [-0.25, -0.2) is 4.98 Å². The van der Waals surface area contributed by atoms with Gasteiger partial charge in [0.2, 0.25) is 5.91 Å². The molecule has 0 radical (unpaired) electrons. The van der Waals surface area contributed by atoms with Crippen molar-refractivity contribution < 1.29 is 9.53 Å². The van der Waals surface area contributed by atoms with Crippen LogP contribution >= 0.6 is 11.8 Å². The summed E-state index contributed by atoms with van der Waals surface area (Å²) < 4.78 is 8.02. The van der Waals surface area contributed by atoms with Crippen LogP contribution in [0.15, 0.2) is 54.3 Å². The van der Waals surface area contributed by atoms with Gasteiger partial charge in [-0.15, -0.1) is 6.58 Å². The van der Waals surface area contributed by atoms with E-state index in [9.17, 15) is 4.79 Å².